The smallest absolute Gasteiger partial charge is 0.119 e. The molecule has 0 spiro atoms. The monoisotopic (exact) mass is 289 g/mol. The summed E-state index contributed by atoms with van der Waals surface area (Å²) in [6.45, 7) is 1.15. The van der Waals surface area contributed by atoms with Crippen molar-refractivity contribution in [3.63, 3.8) is 0 Å². The summed E-state index contributed by atoms with van der Waals surface area (Å²) in [5.41, 5.74) is 5.28. The third-order valence-electron chi connectivity index (χ3n) is 1.46. The molecule has 0 atom stereocenters. The zero-order chi connectivity index (χ0) is 9.52. The number of hydrogen-bond acceptors (Lipinski definition) is 2. The van der Waals surface area contributed by atoms with Gasteiger partial charge in [0.05, 0.1) is 0 Å². The SMILES string of the molecule is NCC=CCOc1ccc(I)cc1. The molecular formula is C10H12INO. The third kappa shape index (κ3) is 4.28. The van der Waals surface area contributed by atoms with Crippen LogP contribution in [0.2, 0.25) is 0 Å². The predicted octanol–water partition coefficient (Wildman–Crippen LogP) is 2.18. The van der Waals surface area contributed by atoms with Crippen LogP contribution >= 0.6 is 22.6 Å². The second-order valence-electron chi connectivity index (χ2n) is 2.47. The molecule has 2 N–H and O–H groups in total. The van der Waals surface area contributed by atoms with Gasteiger partial charge < -0.3 is 10.5 Å². The third-order valence-corrected chi connectivity index (χ3v) is 2.18. The Morgan fingerprint density at radius 1 is 1.23 bits per heavy atom. The largest absolute Gasteiger partial charge is 0.490 e. The van der Waals surface area contributed by atoms with Crippen LogP contribution in [0.5, 0.6) is 5.75 Å². The van der Waals surface area contributed by atoms with Crippen LogP contribution in [0.15, 0.2) is 36.4 Å². The van der Waals surface area contributed by atoms with E-state index < -0.39 is 0 Å². The standard InChI is InChI=1S/C10H12INO/c11-9-3-5-10(6-4-9)13-8-2-1-7-12/h1-6H,7-8,12H2. The van der Waals surface area contributed by atoms with Crippen LogP contribution in [0, 0.1) is 3.57 Å². The Labute approximate surface area is 91.9 Å². The first-order chi connectivity index (χ1) is 6.33. The highest BCUT2D eigenvalue weighted by molar-refractivity contribution is 14.1. The van der Waals surface area contributed by atoms with Gasteiger partial charge in [0, 0.05) is 10.1 Å². The Morgan fingerprint density at radius 2 is 1.92 bits per heavy atom. The second-order valence-corrected chi connectivity index (χ2v) is 3.72. The van der Waals surface area contributed by atoms with Gasteiger partial charge in [0.25, 0.3) is 0 Å². The molecule has 1 aromatic carbocycles. The van der Waals surface area contributed by atoms with Gasteiger partial charge in [-0.1, -0.05) is 12.2 Å². The average Bonchev–Trinajstić information content (AvgIpc) is 2.15. The quantitative estimate of drug-likeness (QED) is 0.681. The lowest BCUT2D eigenvalue weighted by Gasteiger charge is -2.01. The van der Waals surface area contributed by atoms with Gasteiger partial charge >= 0.3 is 0 Å². The van der Waals surface area contributed by atoms with E-state index in [0.29, 0.717) is 13.2 Å². The van der Waals surface area contributed by atoms with Crippen molar-refractivity contribution in [1.29, 1.82) is 0 Å². The molecule has 0 amide bonds. The Hall–Kier alpha value is -0.550. The molecular weight excluding hydrogens is 277 g/mol. The van der Waals surface area contributed by atoms with Crippen LogP contribution in [-0.4, -0.2) is 13.2 Å². The van der Waals surface area contributed by atoms with E-state index in [1.165, 1.54) is 3.57 Å². The van der Waals surface area contributed by atoms with Gasteiger partial charge in [0.2, 0.25) is 0 Å². The minimum Gasteiger partial charge on any atom is -0.490 e. The number of rotatable bonds is 4. The van der Waals surface area contributed by atoms with Crippen LogP contribution < -0.4 is 10.5 Å². The summed E-state index contributed by atoms with van der Waals surface area (Å²) in [6, 6.07) is 7.95. The van der Waals surface area contributed by atoms with Crippen molar-refractivity contribution < 1.29 is 4.74 Å². The van der Waals surface area contributed by atoms with Crippen molar-refractivity contribution >= 4 is 22.6 Å². The fourth-order valence-electron chi connectivity index (χ4n) is 0.839. The van der Waals surface area contributed by atoms with E-state index in [0.717, 1.165) is 5.75 Å². The van der Waals surface area contributed by atoms with Gasteiger partial charge in [-0.15, -0.1) is 0 Å². The lowest BCUT2D eigenvalue weighted by molar-refractivity contribution is 0.362. The van der Waals surface area contributed by atoms with E-state index >= 15 is 0 Å². The molecule has 1 rings (SSSR count). The highest BCUT2D eigenvalue weighted by atomic mass is 127. The zero-order valence-electron chi connectivity index (χ0n) is 7.24. The molecule has 0 aliphatic carbocycles. The summed E-state index contributed by atoms with van der Waals surface area (Å²) in [6.07, 6.45) is 3.80. The number of hydrogen-bond donors (Lipinski definition) is 1. The van der Waals surface area contributed by atoms with E-state index in [9.17, 15) is 0 Å². The predicted molar refractivity (Wildman–Crippen MR) is 62.8 cm³/mol. The minimum atomic E-state index is 0.566. The van der Waals surface area contributed by atoms with Crippen LogP contribution in [0.1, 0.15) is 0 Å². The number of benzene rings is 1. The van der Waals surface area contributed by atoms with Gasteiger partial charge in [0.1, 0.15) is 12.4 Å². The maximum absolute atomic E-state index is 5.42. The molecule has 2 nitrogen and oxygen atoms in total. The van der Waals surface area contributed by atoms with Crippen LogP contribution in [0.3, 0.4) is 0 Å². The van der Waals surface area contributed by atoms with E-state index in [1.54, 1.807) is 0 Å². The summed E-state index contributed by atoms with van der Waals surface area (Å²) in [7, 11) is 0. The minimum absolute atomic E-state index is 0.566. The summed E-state index contributed by atoms with van der Waals surface area (Å²) in [4.78, 5) is 0. The highest BCUT2D eigenvalue weighted by Crippen LogP contribution is 2.13. The Balaban J connectivity index is 2.37. The van der Waals surface area contributed by atoms with Crippen molar-refractivity contribution in [2.24, 2.45) is 5.73 Å². The molecule has 0 fully saturated rings. The van der Waals surface area contributed by atoms with E-state index in [1.807, 2.05) is 36.4 Å². The molecule has 0 radical (unpaired) electrons. The highest BCUT2D eigenvalue weighted by Gasteiger charge is 1.90. The molecule has 70 valence electrons. The van der Waals surface area contributed by atoms with Crippen molar-refractivity contribution in [3.05, 3.63) is 40.0 Å². The molecule has 1 aromatic rings. The molecule has 3 heteroatoms. The molecule has 0 unspecified atom stereocenters. The van der Waals surface area contributed by atoms with E-state index in [2.05, 4.69) is 22.6 Å². The number of halogens is 1. The van der Waals surface area contributed by atoms with Crippen LogP contribution in [-0.2, 0) is 0 Å². The number of ether oxygens (including phenoxy) is 1. The van der Waals surface area contributed by atoms with Crippen LogP contribution in [0.4, 0.5) is 0 Å². The Kier molecular flexibility index (Phi) is 4.85. The van der Waals surface area contributed by atoms with Gasteiger partial charge in [0.15, 0.2) is 0 Å². The summed E-state index contributed by atoms with van der Waals surface area (Å²) in [5.74, 6) is 0.891. The molecule has 0 aromatic heterocycles. The van der Waals surface area contributed by atoms with E-state index in [4.69, 9.17) is 10.5 Å². The average molecular weight is 289 g/mol. The van der Waals surface area contributed by atoms with Crippen molar-refractivity contribution in [2.45, 2.75) is 0 Å². The summed E-state index contributed by atoms with van der Waals surface area (Å²) >= 11 is 2.26. The van der Waals surface area contributed by atoms with Crippen molar-refractivity contribution in [3.8, 4) is 5.75 Å². The Bertz CT molecular complexity index is 269. The van der Waals surface area contributed by atoms with Gasteiger partial charge in [-0.3, -0.25) is 0 Å². The zero-order valence-corrected chi connectivity index (χ0v) is 9.40. The maximum atomic E-state index is 5.42. The molecule has 0 heterocycles. The Morgan fingerprint density at radius 3 is 2.54 bits per heavy atom. The molecule has 0 bridgehead atoms. The maximum Gasteiger partial charge on any atom is 0.119 e. The van der Waals surface area contributed by atoms with Crippen molar-refractivity contribution in [1.82, 2.24) is 0 Å². The second kappa shape index (κ2) is 5.99. The van der Waals surface area contributed by atoms with Crippen molar-refractivity contribution in [2.75, 3.05) is 13.2 Å². The summed E-state index contributed by atoms with van der Waals surface area (Å²) in [5, 5.41) is 0. The molecule has 13 heavy (non-hydrogen) atoms. The van der Waals surface area contributed by atoms with Crippen LogP contribution in [0.25, 0.3) is 0 Å². The first kappa shape index (κ1) is 10.5. The van der Waals surface area contributed by atoms with Gasteiger partial charge in [-0.05, 0) is 46.9 Å². The topological polar surface area (TPSA) is 35.2 Å². The molecule has 0 saturated carbocycles. The molecule has 0 aliphatic rings. The van der Waals surface area contributed by atoms with Gasteiger partial charge in [-0.25, -0.2) is 0 Å². The fourth-order valence-corrected chi connectivity index (χ4v) is 1.20. The van der Waals surface area contributed by atoms with E-state index in [-0.39, 0.29) is 0 Å². The fraction of sp³-hybridized carbons (Fsp3) is 0.200. The lowest BCUT2D eigenvalue weighted by Crippen LogP contribution is -1.96. The lowest BCUT2D eigenvalue weighted by atomic mass is 10.3. The van der Waals surface area contributed by atoms with Gasteiger partial charge in [-0.2, -0.15) is 0 Å². The normalized spacial score (nSPS) is 10.6. The molecule has 0 saturated heterocycles. The molecule has 0 aliphatic heterocycles. The summed E-state index contributed by atoms with van der Waals surface area (Å²) < 4.78 is 6.63. The first-order valence-electron chi connectivity index (χ1n) is 4.06. The number of nitrogens with two attached hydrogens (primary N) is 1. The first-order valence-corrected chi connectivity index (χ1v) is 5.14.